The van der Waals surface area contributed by atoms with Crippen LogP contribution in [0, 0.1) is 0 Å². The zero-order valence-corrected chi connectivity index (χ0v) is 12.5. The van der Waals surface area contributed by atoms with E-state index in [1.54, 1.807) is 0 Å². The van der Waals surface area contributed by atoms with Gasteiger partial charge in [0.2, 0.25) is 0 Å². The van der Waals surface area contributed by atoms with Crippen molar-refractivity contribution in [1.82, 2.24) is 9.88 Å². The highest BCUT2D eigenvalue weighted by Crippen LogP contribution is 2.20. The standard InChI is InChI=1S/C14H21N3O2S/c18-13(12-5-4-8-19-12)16-14-15-11(10-20-14)9-17-6-2-1-3-7-17/h10,12H,1-9H2,(H,15,16,18). The third-order valence-corrected chi connectivity index (χ3v) is 4.64. The fraction of sp³-hybridized carbons (Fsp3) is 0.714. The van der Waals surface area contributed by atoms with Crippen LogP contribution in [0.1, 0.15) is 37.8 Å². The molecule has 1 atom stereocenters. The van der Waals surface area contributed by atoms with Crippen LogP contribution in [0.5, 0.6) is 0 Å². The van der Waals surface area contributed by atoms with Crippen molar-refractivity contribution in [1.29, 1.82) is 0 Å². The van der Waals surface area contributed by atoms with Gasteiger partial charge in [0.05, 0.1) is 5.69 Å². The van der Waals surface area contributed by atoms with Crippen molar-refractivity contribution in [3.63, 3.8) is 0 Å². The van der Waals surface area contributed by atoms with Gasteiger partial charge in [0.1, 0.15) is 6.10 Å². The van der Waals surface area contributed by atoms with Crippen molar-refractivity contribution in [3.05, 3.63) is 11.1 Å². The summed E-state index contributed by atoms with van der Waals surface area (Å²) >= 11 is 1.50. The topological polar surface area (TPSA) is 54.5 Å². The summed E-state index contributed by atoms with van der Waals surface area (Å²) in [5, 5.41) is 5.60. The minimum absolute atomic E-state index is 0.0543. The van der Waals surface area contributed by atoms with Crippen LogP contribution in [-0.4, -0.2) is 41.6 Å². The molecule has 20 heavy (non-hydrogen) atoms. The number of carbonyl (C=O) groups is 1. The summed E-state index contributed by atoms with van der Waals surface area (Å²) in [5.41, 5.74) is 1.06. The quantitative estimate of drug-likeness (QED) is 0.925. The molecule has 2 saturated heterocycles. The SMILES string of the molecule is O=C(Nc1nc(CN2CCCCC2)cs1)C1CCCO1. The summed E-state index contributed by atoms with van der Waals surface area (Å²) in [7, 11) is 0. The number of thiazole rings is 1. The molecule has 110 valence electrons. The van der Waals surface area contributed by atoms with Crippen molar-refractivity contribution in [2.75, 3.05) is 25.0 Å². The van der Waals surface area contributed by atoms with Crippen LogP contribution >= 0.6 is 11.3 Å². The van der Waals surface area contributed by atoms with Gasteiger partial charge in [-0.1, -0.05) is 6.42 Å². The van der Waals surface area contributed by atoms with E-state index in [1.165, 1.54) is 30.6 Å². The molecule has 2 fully saturated rings. The Morgan fingerprint density at radius 3 is 3.00 bits per heavy atom. The molecule has 1 N–H and O–H groups in total. The lowest BCUT2D eigenvalue weighted by molar-refractivity contribution is -0.124. The number of aromatic nitrogens is 1. The zero-order valence-electron chi connectivity index (χ0n) is 11.6. The van der Waals surface area contributed by atoms with Gasteiger partial charge < -0.3 is 4.74 Å². The molecule has 1 aromatic rings. The van der Waals surface area contributed by atoms with Gasteiger partial charge in [-0.2, -0.15) is 0 Å². The molecule has 5 nitrogen and oxygen atoms in total. The molecule has 0 aliphatic carbocycles. The van der Waals surface area contributed by atoms with Crippen LogP contribution in [0.2, 0.25) is 0 Å². The number of hydrogen-bond acceptors (Lipinski definition) is 5. The first-order valence-electron chi connectivity index (χ1n) is 7.40. The highest BCUT2D eigenvalue weighted by atomic mass is 32.1. The third-order valence-electron chi connectivity index (χ3n) is 3.84. The van der Waals surface area contributed by atoms with Crippen molar-refractivity contribution >= 4 is 22.4 Å². The number of likely N-dealkylation sites (tertiary alicyclic amines) is 1. The summed E-state index contributed by atoms with van der Waals surface area (Å²) in [5.74, 6) is -0.0543. The molecule has 0 radical (unpaired) electrons. The maximum atomic E-state index is 11.9. The van der Waals surface area contributed by atoms with Crippen LogP contribution in [0.3, 0.4) is 0 Å². The Morgan fingerprint density at radius 2 is 2.25 bits per heavy atom. The average molecular weight is 295 g/mol. The van der Waals surface area contributed by atoms with E-state index in [-0.39, 0.29) is 12.0 Å². The van der Waals surface area contributed by atoms with Crippen molar-refractivity contribution in [2.24, 2.45) is 0 Å². The number of carbonyl (C=O) groups excluding carboxylic acids is 1. The number of piperidine rings is 1. The van der Waals surface area contributed by atoms with Gasteiger partial charge in [0.25, 0.3) is 5.91 Å². The molecule has 6 heteroatoms. The van der Waals surface area contributed by atoms with Gasteiger partial charge in [-0.05, 0) is 38.8 Å². The van der Waals surface area contributed by atoms with Gasteiger partial charge in [0, 0.05) is 18.5 Å². The lowest BCUT2D eigenvalue weighted by Crippen LogP contribution is -2.29. The molecule has 0 bridgehead atoms. The second kappa shape index (κ2) is 6.65. The summed E-state index contributed by atoms with van der Waals surface area (Å²) in [6.07, 6.45) is 5.41. The first-order chi connectivity index (χ1) is 9.81. The van der Waals surface area contributed by atoms with Crippen LogP contribution in [0.15, 0.2) is 5.38 Å². The second-order valence-electron chi connectivity index (χ2n) is 5.47. The van der Waals surface area contributed by atoms with Gasteiger partial charge in [-0.3, -0.25) is 15.0 Å². The number of nitrogens with one attached hydrogen (secondary N) is 1. The summed E-state index contributed by atoms with van der Waals surface area (Å²) < 4.78 is 5.37. The first kappa shape index (κ1) is 14.0. The second-order valence-corrected chi connectivity index (χ2v) is 6.33. The maximum Gasteiger partial charge on any atom is 0.255 e. The number of rotatable bonds is 4. The monoisotopic (exact) mass is 295 g/mol. The van der Waals surface area contributed by atoms with Crippen molar-refractivity contribution in [3.8, 4) is 0 Å². The summed E-state index contributed by atoms with van der Waals surface area (Å²) in [4.78, 5) is 18.9. The molecule has 1 amide bonds. The maximum absolute atomic E-state index is 11.9. The molecule has 0 spiro atoms. The van der Waals surface area contributed by atoms with E-state index in [0.717, 1.165) is 38.2 Å². The Balaban J connectivity index is 1.52. The number of nitrogens with zero attached hydrogens (tertiary/aromatic N) is 2. The fourth-order valence-corrected chi connectivity index (χ4v) is 3.46. The van der Waals surface area contributed by atoms with Gasteiger partial charge >= 0.3 is 0 Å². The molecular weight excluding hydrogens is 274 g/mol. The highest BCUT2D eigenvalue weighted by molar-refractivity contribution is 7.13. The Kier molecular flexibility index (Phi) is 4.65. The van der Waals surface area contributed by atoms with Crippen LogP contribution in [-0.2, 0) is 16.1 Å². The molecule has 3 heterocycles. The largest absolute Gasteiger partial charge is 0.368 e. The highest BCUT2D eigenvalue weighted by Gasteiger charge is 2.24. The average Bonchev–Trinajstić information content (AvgIpc) is 3.11. The van der Waals surface area contributed by atoms with Crippen LogP contribution < -0.4 is 5.32 Å². The van der Waals surface area contributed by atoms with Crippen molar-refractivity contribution < 1.29 is 9.53 Å². The van der Waals surface area contributed by atoms with Crippen LogP contribution in [0.25, 0.3) is 0 Å². The number of anilines is 1. The van der Waals surface area contributed by atoms with Gasteiger partial charge in [-0.25, -0.2) is 4.98 Å². The molecule has 2 aliphatic heterocycles. The normalized spacial score (nSPS) is 23.9. The van der Waals surface area contributed by atoms with Crippen LogP contribution in [0.4, 0.5) is 5.13 Å². The smallest absolute Gasteiger partial charge is 0.255 e. The minimum Gasteiger partial charge on any atom is -0.368 e. The van der Waals surface area contributed by atoms with E-state index in [4.69, 9.17) is 4.74 Å². The lowest BCUT2D eigenvalue weighted by atomic mass is 10.1. The third kappa shape index (κ3) is 3.56. The Labute approximate surface area is 123 Å². The Morgan fingerprint density at radius 1 is 1.40 bits per heavy atom. The molecule has 1 unspecified atom stereocenters. The summed E-state index contributed by atoms with van der Waals surface area (Å²) in [6.45, 7) is 3.91. The molecule has 3 rings (SSSR count). The molecular formula is C14H21N3O2S. The number of ether oxygens (including phenoxy) is 1. The Hall–Kier alpha value is -0.980. The fourth-order valence-electron chi connectivity index (χ4n) is 2.75. The molecule has 2 aliphatic rings. The van der Waals surface area contributed by atoms with E-state index in [0.29, 0.717) is 11.7 Å². The number of hydrogen-bond donors (Lipinski definition) is 1. The molecule has 0 saturated carbocycles. The van der Waals surface area contributed by atoms with E-state index >= 15 is 0 Å². The van der Waals surface area contributed by atoms with E-state index in [1.807, 2.05) is 5.38 Å². The van der Waals surface area contributed by atoms with Gasteiger partial charge in [-0.15, -0.1) is 11.3 Å². The van der Waals surface area contributed by atoms with E-state index in [9.17, 15) is 4.79 Å². The Bertz CT molecular complexity index is 451. The minimum atomic E-state index is -0.288. The predicted molar refractivity (Wildman–Crippen MR) is 78.8 cm³/mol. The van der Waals surface area contributed by atoms with E-state index in [2.05, 4.69) is 15.2 Å². The van der Waals surface area contributed by atoms with E-state index < -0.39 is 0 Å². The number of amides is 1. The van der Waals surface area contributed by atoms with Crippen molar-refractivity contribution in [2.45, 2.75) is 44.8 Å². The first-order valence-corrected chi connectivity index (χ1v) is 8.28. The zero-order chi connectivity index (χ0) is 13.8. The molecule has 0 aromatic carbocycles. The lowest BCUT2D eigenvalue weighted by Gasteiger charge is -2.25. The molecule has 1 aromatic heterocycles. The summed E-state index contributed by atoms with van der Waals surface area (Å²) in [6, 6.07) is 0. The predicted octanol–water partition coefficient (Wildman–Crippen LogP) is 2.25. The van der Waals surface area contributed by atoms with Gasteiger partial charge in [0.15, 0.2) is 5.13 Å².